The fourth-order valence-electron chi connectivity index (χ4n) is 2.38. The lowest BCUT2D eigenvalue weighted by atomic mass is 9.99. The van der Waals surface area contributed by atoms with Crippen LogP contribution in [0.3, 0.4) is 0 Å². The van der Waals surface area contributed by atoms with Gasteiger partial charge in [0.15, 0.2) is 0 Å². The molecule has 0 bridgehead atoms. The van der Waals surface area contributed by atoms with Gasteiger partial charge in [0.2, 0.25) is 5.88 Å². The summed E-state index contributed by atoms with van der Waals surface area (Å²) in [5.41, 5.74) is 0. The van der Waals surface area contributed by atoms with Crippen molar-refractivity contribution < 1.29 is 4.74 Å². The number of hydrogen-bond donors (Lipinski definition) is 1. The summed E-state index contributed by atoms with van der Waals surface area (Å²) < 4.78 is 5.82. The number of anilines is 1. The highest BCUT2D eigenvalue weighted by Crippen LogP contribution is 2.18. The molecule has 0 spiro atoms. The number of ether oxygens (including phenoxy) is 1. The Kier molecular flexibility index (Phi) is 5.39. The molecular formula is C14H24N4O. The first kappa shape index (κ1) is 14.1. The highest BCUT2D eigenvalue weighted by atomic mass is 16.5. The maximum absolute atomic E-state index is 5.82. The molecule has 19 heavy (non-hydrogen) atoms. The minimum Gasteiger partial charge on any atom is -0.477 e. The maximum Gasteiger partial charge on any atom is 0.218 e. The Balaban J connectivity index is 1.90. The summed E-state index contributed by atoms with van der Waals surface area (Å²) in [5.74, 6) is 2.28. The number of rotatable bonds is 6. The molecule has 1 N–H and O–H groups in total. The van der Waals surface area contributed by atoms with Crippen LogP contribution in [0, 0.1) is 5.92 Å². The van der Waals surface area contributed by atoms with E-state index in [1.165, 1.54) is 12.8 Å². The Labute approximate surface area is 115 Å². The van der Waals surface area contributed by atoms with Crippen LogP contribution in [-0.4, -0.2) is 42.8 Å². The normalized spacial score (nSPS) is 16.3. The zero-order chi connectivity index (χ0) is 13.5. The van der Waals surface area contributed by atoms with Gasteiger partial charge in [-0.25, -0.2) is 9.97 Å². The van der Waals surface area contributed by atoms with Gasteiger partial charge in [-0.2, -0.15) is 0 Å². The van der Waals surface area contributed by atoms with Crippen LogP contribution < -0.4 is 15.0 Å². The third-order valence-corrected chi connectivity index (χ3v) is 3.64. The number of nitrogens with one attached hydrogen (secondary N) is 1. The second-order valence-electron chi connectivity index (χ2n) is 4.89. The standard InChI is InChI=1S/C14H24N4O/c1-3-18(4-2)13-9-14(17-11-16-13)19-10-12-5-7-15-8-6-12/h9,11-12,15H,3-8,10H2,1-2H3. The molecule has 2 rings (SSSR count). The third kappa shape index (κ3) is 4.06. The van der Waals surface area contributed by atoms with Crippen molar-refractivity contribution >= 4 is 5.82 Å². The maximum atomic E-state index is 5.82. The quantitative estimate of drug-likeness (QED) is 0.847. The van der Waals surface area contributed by atoms with Gasteiger partial charge >= 0.3 is 0 Å². The van der Waals surface area contributed by atoms with Crippen LogP contribution in [0.15, 0.2) is 12.4 Å². The molecule has 0 saturated carbocycles. The van der Waals surface area contributed by atoms with Crippen LogP contribution in [0.1, 0.15) is 26.7 Å². The number of hydrogen-bond acceptors (Lipinski definition) is 5. The second-order valence-corrected chi connectivity index (χ2v) is 4.89. The molecule has 5 heteroatoms. The molecule has 0 atom stereocenters. The van der Waals surface area contributed by atoms with Gasteiger partial charge in [-0.15, -0.1) is 0 Å². The first-order chi connectivity index (χ1) is 9.33. The van der Waals surface area contributed by atoms with Crippen molar-refractivity contribution in [3.05, 3.63) is 12.4 Å². The summed E-state index contributed by atoms with van der Waals surface area (Å²) in [6.45, 7) is 9.10. The first-order valence-corrected chi connectivity index (χ1v) is 7.24. The molecule has 1 aromatic heterocycles. The molecule has 106 valence electrons. The molecule has 1 aliphatic rings. The molecule has 1 saturated heterocycles. The average Bonchev–Trinajstić information content (AvgIpc) is 2.48. The van der Waals surface area contributed by atoms with Crippen molar-refractivity contribution in [3.63, 3.8) is 0 Å². The number of piperidine rings is 1. The average molecular weight is 264 g/mol. The molecule has 0 aliphatic carbocycles. The van der Waals surface area contributed by atoms with E-state index in [2.05, 4.69) is 34.0 Å². The summed E-state index contributed by atoms with van der Waals surface area (Å²) >= 11 is 0. The van der Waals surface area contributed by atoms with Gasteiger partial charge in [0.1, 0.15) is 12.1 Å². The highest BCUT2D eigenvalue weighted by Gasteiger charge is 2.14. The van der Waals surface area contributed by atoms with E-state index in [-0.39, 0.29) is 0 Å². The Morgan fingerprint density at radius 1 is 1.26 bits per heavy atom. The van der Waals surface area contributed by atoms with Crippen molar-refractivity contribution in [1.29, 1.82) is 0 Å². The molecule has 0 unspecified atom stereocenters. The van der Waals surface area contributed by atoms with Crippen molar-refractivity contribution in [3.8, 4) is 5.88 Å². The van der Waals surface area contributed by atoms with Crippen molar-refractivity contribution in [1.82, 2.24) is 15.3 Å². The fourth-order valence-corrected chi connectivity index (χ4v) is 2.38. The molecule has 1 aliphatic heterocycles. The monoisotopic (exact) mass is 264 g/mol. The topological polar surface area (TPSA) is 50.3 Å². The smallest absolute Gasteiger partial charge is 0.218 e. The zero-order valence-electron chi connectivity index (χ0n) is 11.9. The Hall–Kier alpha value is -1.36. The zero-order valence-corrected chi connectivity index (χ0v) is 11.9. The van der Waals surface area contributed by atoms with Gasteiger partial charge in [-0.3, -0.25) is 0 Å². The molecular weight excluding hydrogens is 240 g/mol. The molecule has 0 amide bonds. The van der Waals surface area contributed by atoms with Gasteiger partial charge in [0, 0.05) is 19.2 Å². The first-order valence-electron chi connectivity index (χ1n) is 7.24. The van der Waals surface area contributed by atoms with E-state index in [9.17, 15) is 0 Å². The molecule has 1 fully saturated rings. The SMILES string of the molecule is CCN(CC)c1cc(OCC2CCNCC2)ncn1. The largest absolute Gasteiger partial charge is 0.477 e. The van der Waals surface area contributed by atoms with E-state index in [1.807, 2.05) is 6.07 Å². The minimum atomic E-state index is 0.646. The van der Waals surface area contributed by atoms with Gasteiger partial charge in [0.25, 0.3) is 0 Å². The van der Waals surface area contributed by atoms with Crippen LogP contribution >= 0.6 is 0 Å². The summed E-state index contributed by atoms with van der Waals surface area (Å²) in [6.07, 6.45) is 3.97. The van der Waals surface area contributed by atoms with Crippen LogP contribution in [-0.2, 0) is 0 Å². The van der Waals surface area contributed by atoms with E-state index in [4.69, 9.17) is 4.74 Å². The molecule has 1 aromatic rings. The summed E-state index contributed by atoms with van der Waals surface area (Å²) in [4.78, 5) is 10.7. The highest BCUT2D eigenvalue weighted by molar-refractivity contribution is 5.40. The summed E-state index contributed by atoms with van der Waals surface area (Å²) in [6, 6.07) is 1.94. The Bertz CT molecular complexity index is 375. The van der Waals surface area contributed by atoms with Gasteiger partial charge < -0.3 is 15.0 Å². The molecule has 0 radical (unpaired) electrons. The lowest BCUT2D eigenvalue weighted by Crippen LogP contribution is -2.30. The van der Waals surface area contributed by atoms with Crippen molar-refractivity contribution in [2.45, 2.75) is 26.7 Å². The predicted molar refractivity (Wildman–Crippen MR) is 76.7 cm³/mol. The Morgan fingerprint density at radius 3 is 2.68 bits per heavy atom. The molecule has 0 aromatic carbocycles. The van der Waals surface area contributed by atoms with Gasteiger partial charge in [0.05, 0.1) is 6.61 Å². The van der Waals surface area contributed by atoms with Gasteiger partial charge in [-0.05, 0) is 45.7 Å². The number of aromatic nitrogens is 2. The summed E-state index contributed by atoms with van der Waals surface area (Å²) in [7, 11) is 0. The fraction of sp³-hybridized carbons (Fsp3) is 0.714. The Morgan fingerprint density at radius 2 is 2.00 bits per heavy atom. The molecule has 5 nitrogen and oxygen atoms in total. The van der Waals surface area contributed by atoms with E-state index in [1.54, 1.807) is 6.33 Å². The minimum absolute atomic E-state index is 0.646. The van der Waals surface area contributed by atoms with Crippen LogP contribution in [0.2, 0.25) is 0 Å². The van der Waals surface area contributed by atoms with Crippen molar-refractivity contribution in [2.24, 2.45) is 5.92 Å². The van der Waals surface area contributed by atoms with Gasteiger partial charge in [-0.1, -0.05) is 0 Å². The van der Waals surface area contributed by atoms with E-state index >= 15 is 0 Å². The van der Waals surface area contributed by atoms with E-state index in [0.717, 1.165) is 38.6 Å². The van der Waals surface area contributed by atoms with Crippen LogP contribution in [0.4, 0.5) is 5.82 Å². The lowest BCUT2D eigenvalue weighted by molar-refractivity contribution is 0.208. The van der Waals surface area contributed by atoms with E-state index in [0.29, 0.717) is 11.8 Å². The third-order valence-electron chi connectivity index (χ3n) is 3.64. The van der Waals surface area contributed by atoms with Crippen LogP contribution in [0.25, 0.3) is 0 Å². The second kappa shape index (κ2) is 7.28. The summed E-state index contributed by atoms with van der Waals surface area (Å²) in [5, 5.41) is 3.36. The van der Waals surface area contributed by atoms with E-state index < -0.39 is 0 Å². The van der Waals surface area contributed by atoms with Crippen LogP contribution in [0.5, 0.6) is 5.88 Å². The lowest BCUT2D eigenvalue weighted by Gasteiger charge is -2.23. The predicted octanol–water partition coefficient (Wildman–Crippen LogP) is 1.70. The number of nitrogens with zero attached hydrogens (tertiary/aromatic N) is 3. The van der Waals surface area contributed by atoms with Crippen molar-refractivity contribution in [2.75, 3.05) is 37.7 Å². The molecule has 2 heterocycles.